The third-order valence-corrected chi connectivity index (χ3v) is 10.0. The van der Waals surface area contributed by atoms with Crippen molar-refractivity contribution in [2.75, 3.05) is 27.0 Å². The van der Waals surface area contributed by atoms with Gasteiger partial charge in [-0.05, 0) is 44.7 Å². The number of allylic oxidation sites excluding steroid dienone is 4. The summed E-state index contributed by atoms with van der Waals surface area (Å²) in [4.78, 5) is 73.3. The Bertz CT molecular complexity index is 1600. The maximum atomic E-state index is 14.6. The number of aromatic nitrogens is 1. The van der Waals surface area contributed by atoms with Gasteiger partial charge >= 0.3 is 17.9 Å². The van der Waals surface area contributed by atoms with Crippen molar-refractivity contribution in [2.24, 2.45) is 11.8 Å². The molecule has 18 heteroatoms. The third-order valence-electron chi connectivity index (χ3n) is 9.08. The average molecular weight is 807 g/mol. The van der Waals surface area contributed by atoms with Crippen LogP contribution in [0.2, 0.25) is 0 Å². The van der Waals surface area contributed by atoms with Crippen molar-refractivity contribution in [3.8, 4) is 0 Å². The second-order valence-electron chi connectivity index (χ2n) is 13.6. The van der Waals surface area contributed by atoms with E-state index in [9.17, 15) is 45.9 Å². The summed E-state index contributed by atoms with van der Waals surface area (Å²) in [6.07, 6.45) is 2.00. The minimum Gasteiger partial charge on any atom is -0.455 e. The Labute approximate surface area is 322 Å². The van der Waals surface area contributed by atoms with Gasteiger partial charge in [-0.15, -0.1) is 11.3 Å². The van der Waals surface area contributed by atoms with Gasteiger partial charge in [0.1, 0.15) is 17.7 Å². The zero-order valence-electron chi connectivity index (χ0n) is 32.2. The molecule has 1 aliphatic heterocycles. The summed E-state index contributed by atoms with van der Waals surface area (Å²) in [5.41, 5.74) is -0.630. The molecule has 0 saturated carbocycles. The number of alkyl halides is 1. The topological polar surface area (TPSA) is 144 Å². The molecule has 308 valence electrons. The number of halogens is 5. The van der Waals surface area contributed by atoms with E-state index in [2.05, 4.69) is 21.6 Å². The summed E-state index contributed by atoms with van der Waals surface area (Å²) >= 11 is 0.746. The quantitative estimate of drug-likeness (QED) is 0.0358. The highest BCUT2D eigenvalue weighted by atomic mass is 32.1. The van der Waals surface area contributed by atoms with Gasteiger partial charge < -0.3 is 24.4 Å². The van der Waals surface area contributed by atoms with E-state index in [4.69, 9.17) is 9.47 Å². The Hall–Kier alpha value is -4.19. The van der Waals surface area contributed by atoms with Crippen molar-refractivity contribution in [1.29, 1.82) is 0 Å². The Morgan fingerprint density at radius 2 is 1.76 bits per heavy atom. The van der Waals surface area contributed by atoms with Crippen LogP contribution in [0.5, 0.6) is 0 Å². The molecule has 0 spiro atoms. The Morgan fingerprint density at radius 3 is 2.31 bits per heavy atom. The number of carbonyl (C=O) groups is 5. The Kier molecular flexibility index (Phi) is 19.1. The fourth-order valence-electron chi connectivity index (χ4n) is 5.80. The monoisotopic (exact) mass is 806 g/mol. The van der Waals surface area contributed by atoms with Crippen molar-refractivity contribution < 1.29 is 60.1 Å². The standard InChI is InChI=1S/C37H51F5N4O8S/c1-9-13-29(48)52-19-46(36(50)32(21(5)10-2)44-34(49)26-14-11-12-15-45(26)8)27(20(3)4)16-28(53-23(7)47)35-43-25(18-55-35)37(51)54-33(30(41)22(6)39)31(42)24(40)17-38/h18,20-21,26-28,32H,6,9-17,19H2,1-5,7-8H3,(H,44,49)/b31-24-,33-30-/t21?,26-,27-,28-,32+/m1/s1. The summed E-state index contributed by atoms with van der Waals surface area (Å²) in [6, 6.07) is -2.33. The number of esters is 3. The minimum atomic E-state index is -2.32. The molecule has 5 atom stereocenters. The molecule has 1 N–H and O–H groups in total. The molecule has 1 saturated heterocycles. The highest BCUT2D eigenvalue weighted by Gasteiger charge is 2.39. The molecule has 0 bridgehead atoms. The SMILES string of the molecule is C=C(F)/C(F)=C(OC(=O)c1csc([C@@H](C[C@H](C(C)C)N(COC(=O)CCC)C(=O)[C@@H](NC(=O)[C@H]2CCCCN2C)C(C)CC)OC(C)=O)n1)\C(F)=C(\F)CF. The molecule has 0 aliphatic carbocycles. The Balaban J connectivity index is 2.57. The summed E-state index contributed by atoms with van der Waals surface area (Å²) in [5.74, 6) is -15.1. The second-order valence-corrected chi connectivity index (χ2v) is 14.5. The molecule has 1 fully saturated rings. The van der Waals surface area contributed by atoms with Gasteiger partial charge in [0.15, 0.2) is 30.2 Å². The zero-order valence-corrected chi connectivity index (χ0v) is 33.0. The average Bonchev–Trinajstić information content (AvgIpc) is 3.64. The lowest BCUT2D eigenvalue weighted by Crippen LogP contribution is -2.59. The van der Waals surface area contributed by atoms with E-state index < -0.39 is 102 Å². The van der Waals surface area contributed by atoms with Crippen molar-refractivity contribution in [3.05, 3.63) is 51.7 Å². The number of ether oxygens (including phenoxy) is 3. The normalized spacial score (nSPS) is 17.9. The van der Waals surface area contributed by atoms with E-state index in [1.165, 1.54) is 4.90 Å². The van der Waals surface area contributed by atoms with Gasteiger partial charge in [0, 0.05) is 31.2 Å². The minimum absolute atomic E-state index is 0.0536. The zero-order chi connectivity index (χ0) is 41.6. The van der Waals surface area contributed by atoms with Crippen LogP contribution in [0.4, 0.5) is 22.0 Å². The highest BCUT2D eigenvalue weighted by Crippen LogP contribution is 2.33. The van der Waals surface area contributed by atoms with Crippen LogP contribution in [0.3, 0.4) is 0 Å². The molecule has 1 aromatic rings. The summed E-state index contributed by atoms with van der Waals surface area (Å²) in [6.45, 7) is 10.8. The second kappa shape index (κ2) is 22.4. The number of piperidine rings is 1. The van der Waals surface area contributed by atoms with E-state index in [0.29, 0.717) is 19.3 Å². The lowest BCUT2D eigenvalue weighted by molar-refractivity contribution is -0.160. The van der Waals surface area contributed by atoms with Crippen LogP contribution in [0.25, 0.3) is 0 Å². The number of hydrogen-bond acceptors (Lipinski definition) is 11. The first-order valence-corrected chi connectivity index (χ1v) is 18.9. The first-order chi connectivity index (χ1) is 25.9. The fraction of sp³-hybridized carbons (Fsp3) is 0.622. The molecule has 12 nitrogen and oxygen atoms in total. The van der Waals surface area contributed by atoms with Crippen molar-refractivity contribution in [1.82, 2.24) is 20.1 Å². The van der Waals surface area contributed by atoms with Crippen LogP contribution >= 0.6 is 11.3 Å². The smallest absolute Gasteiger partial charge is 0.363 e. The number of thiazole rings is 1. The number of likely N-dealkylation sites (N-methyl/N-ethyl adjacent to an activating group) is 1. The predicted molar refractivity (Wildman–Crippen MR) is 193 cm³/mol. The molecule has 0 aromatic carbocycles. The van der Waals surface area contributed by atoms with E-state index >= 15 is 0 Å². The maximum absolute atomic E-state index is 14.6. The van der Waals surface area contributed by atoms with Crippen molar-refractivity contribution in [3.63, 3.8) is 0 Å². The summed E-state index contributed by atoms with van der Waals surface area (Å²) in [7, 11) is 1.84. The number of amides is 2. The lowest BCUT2D eigenvalue weighted by Gasteiger charge is -2.39. The van der Waals surface area contributed by atoms with Gasteiger partial charge in [0.2, 0.25) is 29.2 Å². The fourth-order valence-corrected chi connectivity index (χ4v) is 6.63. The summed E-state index contributed by atoms with van der Waals surface area (Å²) in [5, 5.41) is 3.94. The largest absolute Gasteiger partial charge is 0.455 e. The number of nitrogens with zero attached hydrogens (tertiary/aromatic N) is 3. The van der Waals surface area contributed by atoms with Gasteiger partial charge in [0.25, 0.3) is 0 Å². The van der Waals surface area contributed by atoms with Crippen molar-refractivity contribution in [2.45, 2.75) is 111 Å². The van der Waals surface area contributed by atoms with Gasteiger partial charge in [-0.2, -0.15) is 8.78 Å². The first-order valence-electron chi connectivity index (χ1n) is 18.0. The molecule has 1 aliphatic rings. The molecular weight excluding hydrogens is 755 g/mol. The van der Waals surface area contributed by atoms with Gasteiger partial charge in [-0.3, -0.25) is 24.1 Å². The van der Waals surface area contributed by atoms with Crippen LogP contribution in [-0.2, 0) is 33.4 Å². The van der Waals surface area contributed by atoms with Crippen LogP contribution < -0.4 is 5.32 Å². The first kappa shape index (κ1) is 47.0. The molecule has 1 aromatic heterocycles. The highest BCUT2D eigenvalue weighted by molar-refractivity contribution is 7.09. The van der Waals surface area contributed by atoms with Gasteiger partial charge in [0.05, 0.1) is 6.04 Å². The summed E-state index contributed by atoms with van der Waals surface area (Å²) < 4.78 is 84.3. The molecule has 2 heterocycles. The molecule has 2 amide bonds. The van der Waals surface area contributed by atoms with E-state index in [1.54, 1.807) is 27.7 Å². The number of nitrogens with one attached hydrogen (secondary N) is 1. The van der Waals surface area contributed by atoms with E-state index in [0.717, 1.165) is 43.0 Å². The lowest BCUT2D eigenvalue weighted by atomic mass is 9.92. The van der Waals surface area contributed by atoms with Crippen LogP contribution in [0.15, 0.2) is 41.0 Å². The molecule has 0 radical (unpaired) electrons. The Morgan fingerprint density at radius 1 is 1.09 bits per heavy atom. The van der Waals surface area contributed by atoms with E-state index in [1.807, 2.05) is 18.9 Å². The molecule has 1 unspecified atom stereocenters. The molecule has 55 heavy (non-hydrogen) atoms. The third kappa shape index (κ3) is 13.5. The van der Waals surface area contributed by atoms with Gasteiger partial charge in [-0.25, -0.2) is 22.9 Å². The van der Waals surface area contributed by atoms with Gasteiger partial charge in [-0.1, -0.05) is 54.0 Å². The van der Waals surface area contributed by atoms with Crippen LogP contribution in [-0.4, -0.2) is 89.6 Å². The van der Waals surface area contributed by atoms with Crippen LogP contribution in [0, 0.1) is 11.8 Å². The number of carbonyl (C=O) groups excluding carboxylic acids is 5. The number of likely N-dealkylation sites (tertiary alicyclic amines) is 1. The van der Waals surface area contributed by atoms with Crippen LogP contribution in [0.1, 0.15) is 108 Å². The van der Waals surface area contributed by atoms with Crippen molar-refractivity contribution >= 4 is 41.1 Å². The number of rotatable bonds is 20. The molecular formula is C37H51F5N4O8S. The number of hydrogen-bond donors (Lipinski definition) is 1. The van der Waals surface area contributed by atoms with E-state index in [-0.39, 0.29) is 29.7 Å². The predicted octanol–water partition coefficient (Wildman–Crippen LogP) is 7.25. The maximum Gasteiger partial charge on any atom is 0.363 e. The molecule has 2 rings (SSSR count).